The number of aliphatic hydroxyl groups excluding tert-OH is 2. The summed E-state index contributed by atoms with van der Waals surface area (Å²) in [6, 6.07) is 29.0. The maximum absolute atomic E-state index is 11.8. The fourth-order valence-corrected chi connectivity index (χ4v) is 9.67. The molecule has 6 heteroatoms. The number of aliphatic hydroxyl groups is 2. The molecule has 0 saturated heterocycles. The Kier molecular flexibility index (Phi) is 15.3. The quantitative estimate of drug-likeness (QED) is 0.125. The molecule has 6 rings (SSSR count). The summed E-state index contributed by atoms with van der Waals surface area (Å²) in [4.78, 5) is 0. The van der Waals surface area contributed by atoms with Crippen molar-refractivity contribution in [3.05, 3.63) is 118 Å². The lowest BCUT2D eigenvalue weighted by molar-refractivity contribution is -0.00168. The molecule has 0 fully saturated rings. The Labute approximate surface area is 337 Å². The first-order valence-corrected chi connectivity index (χ1v) is 21.1. The minimum atomic E-state index is -0.440. The molecule has 0 bridgehead atoms. The first kappa shape index (κ1) is 43.1. The first-order chi connectivity index (χ1) is 27.2. The smallest absolute Gasteiger partial charge is 0.119 e. The molecule has 0 unspecified atom stereocenters. The number of methoxy groups -OCH3 is 4. The van der Waals surface area contributed by atoms with Gasteiger partial charge in [-0.3, -0.25) is 0 Å². The van der Waals surface area contributed by atoms with E-state index >= 15 is 0 Å². The predicted octanol–water partition coefficient (Wildman–Crippen LogP) is 11.5. The van der Waals surface area contributed by atoms with E-state index in [9.17, 15) is 10.2 Å². The molecule has 6 atom stereocenters. The molecule has 0 aromatic heterocycles. The van der Waals surface area contributed by atoms with Crippen LogP contribution in [0.2, 0.25) is 0 Å². The van der Waals surface area contributed by atoms with E-state index in [2.05, 4.69) is 76.2 Å². The first-order valence-electron chi connectivity index (χ1n) is 21.1. The van der Waals surface area contributed by atoms with Crippen molar-refractivity contribution < 1.29 is 29.2 Å². The Balaban J connectivity index is 0.000000214. The van der Waals surface area contributed by atoms with Crippen molar-refractivity contribution in [3.63, 3.8) is 0 Å². The Morgan fingerprint density at radius 1 is 0.518 bits per heavy atom. The second-order valence-corrected chi connectivity index (χ2v) is 16.2. The van der Waals surface area contributed by atoms with E-state index in [0.29, 0.717) is 0 Å². The zero-order chi connectivity index (χ0) is 40.3. The molecule has 0 amide bonds. The normalized spacial score (nSPS) is 24.3. The average molecular weight is 765 g/mol. The third kappa shape index (κ3) is 9.24. The van der Waals surface area contributed by atoms with Gasteiger partial charge in [-0.15, -0.1) is 0 Å². The summed E-state index contributed by atoms with van der Waals surface area (Å²) >= 11 is 0. The number of benzene rings is 4. The highest BCUT2D eigenvalue weighted by Crippen LogP contribution is 2.51. The fourth-order valence-electron chi connectivity index (χ4n) is 9.67. The Morgan fingerprint density at radius 3 is 1.23 bits per heavy atom. The molecular formula is C50H68O6. The molecule has 2 N–H and O–H groups in total. The lowest BCUT2D eigenvalue weighted by Crippen LogP contribution is -2.38. The molecule has 6 nitrogen and oxygen atoms in total. The maximum Gasteiger partial charge on any atom is 0.119 e. The number of rotatable bonds is 14. The van der Waals surface area contributed by atoms with Crippen LogP contribution in [0.3, 0.4) is 0 Å². The molecule has 304 valence electrons. The number of hydrogen-bond donors (Lipinski definition) is 2. The number of hydrogen-bond acceptors (Lipinski definition) is 6. The van der Waals surface area contributed by atoms with Crippen LogP contribution >= 0.6 is 0 Å². The van der Waals surface area contributed by atoms with Gasteiger partial charge in [0.25, 0.3) is 0 Å². The van der Waals surface area contributed by atoms with Crippen LogP contribution in [0.4, 0.5) is 0 Å². The number of unbranched alkanes of at least 4 members (excludes halogenated alkanes) is 2. The van der Waals surface area contributed by atoms with Gasteiger partial charge in [-0.2, -0.15) is 0 Å². The average Bonchev–Trinajstić information content (AvgIpc) is 3.45. The number of aryl methyl sites for hydroxylation is 2. The van der Waals surface area contributed by atoms with Crippen LogP contribution in [0.15, 0.2) is 84.9 Å². The fraction of sp³-hybridized carbons (Fsp3) is 0.520. The molecular weight excluding hydrogens is 697 g/mol. The van der Waals surface area contributed by atoms with Gasteiger partial charge in [-0.1, -0.05) is 89.8 Å². The van der Waals surface area contributed by atoms with E-state index in [0.717, 1.165) is 111 Å². The molecule has 0 saturated carbocycles. The summed E-state index contributed by atoms with van der Waals surface area (Å²) < 4.78 is 22.0. The van der Waals surface area contributed by atoms with Crippen LogP contribution < -0.4 is 18.9 Å². The summed E-state index contributed by atoms with van der Waals surface area (Å²) in [5, 5.41) is 23.7. The van der Waals surface area contributed by atoms with E-state index in [-0.39, 0.29) is 22.7 Å². The summed E-state index contributed by atoms with van der Waals surface area (Å²) in [7, 11) is 6.79. The number of ether oxygens (including phenoxy) is 4. The molecule has 2 aliphatic carbocycles. The zero-order valence-corrected chi connectivity index (χ0v) is 35.4. The second kappa shape index (κ2) is 19.9. The molecule has 56 heavy (non-hydrogen) atoms. The third-order valence-electron chi connectivity index (χ3n) is 13.4. The SMILES string of the molecule is CCCC[C@]1(CC)CCc2ccc(OC)cc2[C@@H](c2cccc(OC)c2)[C@H]1O.CCCC[C@]1(CC)CCc2ccc(OC)cc2[C@H](c2cccc(OC)c2)[C@@H]1O. The Hall–Kier alpha value is -4.00. The van der Waals surface area contributed by atoms with Crippen molar-refractivity contribution in [1.82, 2.24) is 0 Å². The lowest BCUT2D eigenvalue weighted by atomic mass is 9.67. The van der Waals surface area contributed by atoms with Crippen LogP contribution in [0.25, 0.3) is 0 Å². The topological polar surface area (TPSA) is 77.4 Å². The predicted molar refractivity (Wildman–Crippen MR) is 229 cm³/mol. The molecule has 0 heterocycles. The summed E-state index contributed by atoms with van der Waals surface area (Å²) in [5.74, 6) is 3.18. The molecule has 2 aliphatic rings. The summed E-state index contributed by atoms with van der Waals surface area (Å²) in [6.45, 7) is 8.92. The summed E-state index contributed by atoms with van der Waals surface area (Å²) in [5.41, 5.74) is 7.08. The van der Waals surface area contributed by atoms with Crippen LogP contribution in [-0.2, 0) is 12.8 Å². The van der Waals surface area contributed by atoms with Gasteiger partial charge in [0.15, 0.2) is 0 Å². The van der Waals surface area contributed by atoms with Gasteiger partial charge in [-0.25, -0.2) is 0 Å². The van der Waals surface area contributed by atoms with E-state index in [4.69, 9.17) is 18.9 Å². The largest absolute Gasteiger partial charge is 0.497 e. The Morgan fingerprint density at radius 2 is 0.893 bits per heavy atom. The zero-order valence-electron chi connectivity index (χ0n) is 35.4. The van der Waals surface area contributed by atoms with E-state index < -0.39 is 12.2 Å². The number of fused-ring (bicyclic) bond motifs is 2. The van der Waals surface area contributed by atoms with Crippen LogP contribution in [-0.4, -0.2) is 50.9 Å². The van der Waals surface area contributed by atoms with Crippen molar-refractivity contribution in [1.29, 1.82) is 0 Å². The molecule has 0 spiro atoms. The minimum Gasteiger partial charge on any atom is -0.497 e. The van der Waals surface area contributed by atoms with E-state index in [1.165, 1.54) is 22.3 Å². The Bertz CT molecular complexity index is 1700. The maximum atomic E-state index is 11.8. The monoisotopic (exact) mass is 765 g/mol. The highest BCUT2D eigenvalue weighted by molar-refractivity contribution is 5.48. The van der Waals surface area contributed by atoms with Crippen LogP contribution in [0, 0.1) is 10.8 Å². The molecule has 4 aromatic carbocycles. The highest BCUT2D eigenvalue weighted by Gasteiger charge is 2.45. The minimum absolute atomic E-state index is 0.0734. The van der Waals surface area contributed by atoms with Crippen molar-refractivity contribution in [2.45, 2.75) is 129 Å². The van der Waals surface area contributed by atoms with Gasteiger partial charge >= 0.3 is 0 Å². The van der Waals surface area contributed by atoms with Gasteiger partial charge in [0.2, 0.25) is 0 Å². The standard InChI is InChI=1S/2C25H34O3/c2*1-5-7-14-25(6-2)15-13-18-11-12-21(28-4)17-22(18)23(24(25)26)19-9-8-10-20(16-19)27-3/h2*8-12,16-17,23-24,26H,5-7,13-15H2,1-4H3/t23-,24-,25+;23-,24-,25-/m01/s1. The van der Waals surface area contributed by atoms with Gasteiger partial charge in [0.05, 0.1) is 40.6 Å². The molecule has 0 radical (unpaired) electrons. The van der Waals surface area contributed by atoms with Crippen molar-refractivity contribution in [2.75, 3.05) is 28.4 Å². The summed E-state index contributed by atoms with van der Waals surface area (Å²) in [6.07, 6.45) is 11.8. The van der Waals surface area contributed by atoms with Gasteiger partial charge in [0, 0.05) is 11.8 Å². The van der Waals surface area contributed by atoms with E-state index in [1.807, 2.05) is 36.4 Å². The van der Waals surface area contributed by atoms with Gasteiger partial charge in [0.1, 0.15) is 23.0 Å². The van der Waals surface area contributed by atoms with Gasteiger partial charge < -0.3 is 29.2 Å². The second-order valence-electron chi connectivity index (χ2n) is 16.2. The molecule has 0 aliphatic heterocycles. The van der Waals surface area contributed by atoms with Gasteiger partial charge in [-0.05, 0) is 144 Å². The van der Waals surface area contributed by atoms with Crippen molar-refractivity contribution >= 4 is 0 Å². The van der Waals surface area contributed by atoms with Crippen LogP contribution in [0.5, 0.6) is 23.0 Å². The van der Waals surface area contributed by atoms with Crippen LogP contribution in [0.1, 0.15) is 137 Å². The highest BCUT2D eigenvalue weighted by atomic mass is 16.5. The van der Waals surface area contributed by atoms with Crippen molar-refractivity contribution in [3.8, 4) is 23.0 Å². The van der Waals surface area contributed by atoms with Crippen molar-refractivity contribution in [2.24, 2.45) is 10.8 Å². The van der Waals surface area contributed by atoms with E-state index in [1.54, 1.807) is 28.4 Å². The lowest BCUT2D eigenvalue weighted by Gasteiger charge is -2.40. The third-order valence-corrected chi connectivity index (χ3v) is 13.4. The molecule has 4 aromatic rings.